The van der Waals surface area contributed by atoms with Crippen LogP contribution >= 0.6 is 9.24 Å². The minimum atomic E-state index is -0.600. The van der Waals surface area contributed by atoms with Gasteiger partial charge in [0.15, 0.2) is 0 Å². The molecule has 0 aliphatic heterocycles. The van der Waals surface area contributed by atoms with E-state index in [9.17, 15) is 10.2 Å². The lowest BCUT2D eigenvalue weighted by Crippen LogP contribution is -2.36. The molecule has 3 aliphatic carbocycles. The van der Waals surface area contributed by atoms with Gasteiger partial charge in [-0.15, -0.1) is 15.8 Å². The SMILES string of the molecule is C=CC1CCCCC1.CC1(O)CCCCC2(CCCCC(O)(P)C2)C1. The molecule has 2 N–H and O–H groups in total. The molecule has 3 fully saturated rings. The summed E-state index contributed by atoms with van der Waals surface area (Å²) in [6.45, 7) is 5.76. The summed E-state index contributed by atoms with van der Waals surface area (Å²) in [7, 11) is 2.65. The molecule has 0 aromatic heterocycles. The molecule has 146 valence electrons. The fraction of sp³-hybridized carbons (Fsp3) is 0.909. The van der Waals surface area contributed by atoms with Crippen LogP contribution in [0.25, 0.3) is 0 Å². The Morgan fingerprint density at radius 3 is 1.96 bits per heavy atom. The standard InChI is InChI=1S/C14H27O2P.C8H14/c1-12(15)6-2-3-7-13(10-12)8-4-5-9-14(16,17)11-13;1-2-8-6-4-3-5-7-8/h15-16H,2-11,17H2,1H3;2,8H,1,3-7H2. The van der Waals surface area contributed by atoms with Gasteiger partial charge in [0.1, 0.15) is 0 Å². The molecule has 0 bridgehead atoms. The van der Waals surface area contributed by atoms with E-state index in [1.54, 1.807) is 0 Å². The summed E-state index contributed by atoms with van der Waals surface area (Å²) in [6.07, 6.45) is 19.7. The van der Waals surface area contributed by atoms with Crippen molar-refractivity contribution in [3.63, 3.8) is 0 Å². The lowest BCUT2D eigenvalue weighted by molar-refractivity contribution is -0.0172. The summed E-state index contributed by atoms with van der Waals surface area (Å²) in [5, 5.41) is 20.3. The Morgan fingerprint density at radius 1 is 0.840 bits per heavy atom. The van der Waals surface area contributed by atoms with E-state index in [-0.39, 0.29) is 5.41 Å². The van der Waals surface area contributed by atoms with Crippen LogP contribution < -0.4 is 0 Å². The van der Waals surface area contributed by atoms with Gasteiger partial charge in [-0.05, 0) is 69.6 Å². The van der Waals surface area contributed by atoms with Crippen molar-refractivity contribution in [2.75, 3.05) is 0 Å². The van der Waals surface area contributed by atoms with E-state index >= 15 is 0 Å². The smallest absolute Gasteiger partial charge is 0.0783 e. The van der Waals surface area contributed by atoms with Gasteiger partial charge in [-0.1, -0.05) is 51.0 Å². The van der Waals surface area contributed by atoms with E-state index in [0.717, 1.165) is 44.4 Å². The van der Waals surface area contributed by atoms with Crippen LogP contribution in [0.5, 0.6) is 0 Å². The highest BCUT2D eigenvalue weighted by Crippen LogP contribution is 2.52. The molecule has 0 aromatic carbocycles. The molecule has 3 heteroatoms. The first-order chi connectivity index (χ1) is 11.8. The summed E-state index contributed by atoms with van der Waals surface area (Å²) in [5.41, 5.74) is -0.353. The molecule has 1 spiro atoms. The summed E-state index contributed by atoms with van der Waals surface area (Å²) in [6, 6.07) is 0. The lowest BCUT2D eigenvalue weighted by Gasteiger charge is -2.40. The van der Waals surface area contributed by atoms with Gasteiger partial charge in [0.2, 0.25) is 0 Å². The Bertz CT molecular complexity index is 382. The number of rotatable bonds is 1. The van der Waals surface area contributed by atoms with Crippen LogP contribution in [-0.4, -0.2) is 21.2 Å². The minimum absolute atomic E-state index is 0.174. The molecular formula is C22H41O2P. The molecule has 0 radical (unpaired) electrons. The quantitative estimate of drug-likeness (QED) is 0.442. The van der Waals surface area contributed by atoms with Gasteiger partial charge in [0.25, 0.3) is 0 Å². The molecule has 3 aliphatic rings. The average molecular weight is 369 g/mol. The maximum Gasteiger partial charge on any atom is 0.0783 e. The average Bonchev–Trinajstić information content (AvgIpc) is 2.80. The fourth-order valence-corrected chi connectivity index (χ4v) is 6.12. The van der Waals surface area contributed by atoms with E-state index in [1.165, 1.54) is 57.8 Å². The van der Waals surface area contributed by atoms with Gasteiger partial charge < -0.3 is 10.2 Å². The first-order valence-electron chi connectivity index (χ1n) is 10.6. The molecule has 0 saturated heterocycles. The van der Waals surface area contributed by atoms with E-state index < -0.39 is 10.9 Å². The second-order valence-corrected chi connectivity index (χ2v) is 10.6. The Labute approximate surface area is 158 Å². The summed E-state index contributed by atoms with van der Waals surface area (Å²) in [5.74, 6) is 0.851. The van der Waals surface area contributed by atoms with Crippen LogP contribution in [0.4, 0.5) is 0 Å². The highest BCUT2D eigenvalue weighted by molar-refractivity contribution is 7.18. The molecule has 3 saturated carbocycles. The summed E-state index contributed by atoms with van der Waals surface area (Å²) in [4.78, 5) is 0. The third kappa shape index (κ3) is 7.31. The normalized spacial score (nSPS) is 40.5. The molecule has 2 nitrogen and oxygen atoms in total. The maximum absolute atomic E-state index is 10.4. The zero-order chi connectivity index (χ0) is 18.4. The van der Waals surface area contributed by atoms with Crippen molar-refractivity contribution in [2.45, 2.75) is 114 Å². The van der Waals surface area contributed by atoms with Crippen LogP contribution in [0.2, 0.25) is 0 Å². The van der Waals surface area contributed by atoms with E-state index in [1.807, 2.05) is 6.92 Å². The van der Waals surface area contributed by atoms with Crippen molar-refractivity contribution in [2.24, 2.45) is 11.3 Å². The number of allylic oxidation sites excluding steroid dienone is 1. The molecule has 0 amide bonds. The molecule has 0 aromatic rings. The van der Waals surface area contributed by atoms with Crippen molar-refractivity contribution in [3.05, 3.63) is 12.7 Å². The van der Waals surface area contributed by atoms with Crippen molar-refractivity contribution in [1.82, 2.24) is 0 Å². The Kier molecular flexibility index (Phi) is 7.99. The number of hydrogen-bond acceptors (Lipinski definition) is 2. The van der Waals surface area contributed by atoms with Gasteiger partial charge in [-0.2, -0.15) is 0 Å². The Hall–Kier alpha value is 0.0900. The van der Waals surface area contributed by atoms with Crippen LogP contribution in [0.15, 0.2) is 12.7 Å². The van der Waals surface area contributed by atoms with Crippen LogP contribution in [-0.2, 0) is 0 Å². The first-order valence-corrected chi connectivity index (χ1v) is 11.2. The highest BCUT2D eigenvalue weighted by Gasteiger charge is 2.44. The van der Waals surface area contributed by atoms with Gasteiger partial charge >= 0.3 is 0 Å². The number of aliphatic hydroxyl groups is 2. The molecule has 0 heterocycles. The third-order valence-corrected chi connectivity index (χ3v) is 7.15. The van der Waals surface area contributed by atoms with E-state index in [2.05, 4.69) is 21.9 Å². The number of hydrogen-bond donors (Lipinski definition) is 2. The summed E-state index contributed by atoms with van der Waals surface area (Å²) >= 11 is 0. The van der Waals surface area contributed by atoms with Gasteiger partial charge in [-0.25, -0.2) is 0 Å². The second kappa shape index (κ2) is 9.34. The van der Waals surface area contributed by atoms with Crippen molar-refractivity contribution in [1.29, 1.82) is 0 Å². The van der Waals surface area contributed by atoms with Crippen LogP contribution in [0.1, 0.15) is 103 Å². The fourth-order valence-electron chi connectivity index (χ4n) is 5.48. The van der Waals surface area contributed by atoms with Crippen LogP contribution in [0.3, 0.4) is 0 Å². The predicted octanol–water partition coefficient (Wildman–Crippen LogP) is 5.97. The molecule has 3 rings (SSSR count). The third-order valence-electron chi connectivity index (χ3n) is 6.66. The van der Waals surface area contributed by atoms with Gasteiger partial charge in [0, 0.05) is 0 Å². The second-order valence-electron chi connectivity index (χ2n) is 9.50. The Morgan fingerprint density at radius 2 is 1.40 bits per heavy atom. The Balaban J connectivity index is 0.000000236. The zero-order valence-electron chi connectivity index (χ0n) is 16.4. The van der Waals surface area contributed by atoms with Gasteiger partial charge in [-0.3, -0.25) is 0 Å². The van der Waals surface area contributed by atoms with Gasteiger partial charge in [0.05, 0.1) is 10.9 Å². The molecule has 4 atom stereocenters. The molecule has 4 unspecified atom stereocenters. The molecular weight excluding hydrogens is 327 g/mol. The van der Waals surface area contributed by atoms with Crippen LogP contribution in [0, 0.1) is 11.3 Å². The zero-order valence-corrected chi connectivity index (χ0v) is 17.6. The predicted molar refractivity (Wildman–Crippen MR) is 111 cm³/mol. The lowest BCUT2D eigenvalue weighted by atomic mass is 9.70. The monoisotopic (exact) mass is 368 g/mol. The first kappa shape index (κ1) is 21.4. The summed E-state index contributed by atoms with van der Waals surface area (Å²) < 4.78 is 0. The van der Waals surface area contributed by atoms with Crippen molar-refractivity contribution in [3.8, 4) is 0 Å². The van der Waals surface area contributed by atoms with E-state index in [4.69, 9.17) is 0 Å². The highest BCUT2D eigenvalue weighted by atomic mass is 31.0. The topological polar surface area (TPSA) is 40.5 Å². The minimum Gasteiger partial charge on any atom is -0.390 e. The maximum atomic E-state index is 10.4. The molecule has 25 heavy (non-hydrogen) atoms. The van der Waals surface area contributed by atoms with E-state index in [0.29, 0.717) is 0 Å². The van der Waals surface area contributed by atoms with Crippen molar-refractivity contribution < 1.29 is 10.2 Å². The largest absolute Gasteiger partial charge is 0.390 e. The van der Waals surface area contributed by atoms with Crippen molar-refractivity contribution >= 4 is 9.24 Å².